The average molecular weight is 303 g/mol. The maximum absolute atomic E-state index is 8.59. The Morgan fingerprint density at radius 3 is 2.00 bits per heavy atom. The third-order valence-electron chi connectivity index (χ3n) is 3.76. The maximum Gasteiger partial charge on any atom is 0.0321 e. The summed E-state index contributed by atoms with van der Waals surface area (Å²) in [7, 11) is 0. The fraction of sp³-hybridized carbons (Fsp3) is 0.455. The molecule has 0 heteroatoms. The van der Waals surface area contributed by atoms with Crippen LogP contribution in [-0.4, -0.2) is 0 Å². The van der Waals surface area contributed by atoms with Crippen LogP contribution in [0.2, 0.25) is 0 Å². The van der Waals surface area contributed by atoms with Gasteiger partial charge >= 0.3 is 0 Å². The fourth-order valence-electron chi connectivity index (χ4n) is 2.67. The molecule has 0 heterocycles. The quantitative estimate of drug-likeness (QED) is 0.595. The lowest BCUT2D eigenvalue weighted by Crippen LogP contribution is -2.09. The monoisotopic (exact) mass is 302 g/mol. The first-order chi connectivity index (χ1) is 13.3. The van der Waals surface area contributed by atoms with Crippen LogP contribution >= 0.6 is 0 Å². The minimum absolute atomic E-state index is 0.0284. The molecule has 0 aliphatic carbocycles. The maximum atomic E-state index is 8.59. The van der Waals surface area contributed by atoms with Crippen molar-refractivity contribution < 1.29 is 11.0 Å². The van der Waals surface area contributed by atoms with Gasteiger partial charge in [-0.15, -0.1) is 0 Å². The van der Waals surface area contributed by atoms with Crippen LogP contribution in [0, 0.1) is 39.9 Å². The Kier molecular flexibility index (Phi) is 2.39. The van der Waals surface area contributed by atoms with Gasteiger partial charge in [0.15, 0.2) is 0 Å². The molecule has 0 bridgehead atoms. The molecule has 0 aromatic heterocycles. The van der Waals surface area contributed by atoms with Gasteiger partial charge < -0.3 is 0 Å². The van der Waals surface area contributed by atoms with Gasteiger partial charge in [0, 0.05) is 11.0 Å². The van der Waals surface area contributed by atoms with Crippen molar-refractivity contribution in [3.8, 4) is 11.1 Å². The molecule has 2 aromatic rings. The van der Waals surface area contributed by atoms with Crippen LogP contribution < -0.4 is 0 Å². The van der Waals surface area contributed by atoms with E-state index in [1.165, 1.54) is 6.07 Å². The Bertz CT molecular complexity index is 957. The molecule has 0 N–H and O–H groups in total. The highest BCUT2D eigenvalue weighted by Crippen LogP contribution is 2.34. The third kappa shape index (κ3) is 3.61. The second-order valence-corrected chi connectivity index (χ2v) is 7.07. The van der Waals surface area contributed by atoms with Crippen molar-refractivity contribution in [1.82, 2.24) is 0 Å². The first kappa shape index (κ1) is 8.91. The van der Waals surface area contributed by atoms with Gasteiger partial charge in [0.25, 0.3) is 0 Å². The van der Waals surface area contributed by atoms with E-state index in [2.05, 4.69) is 0 Å². The predicted molar refractivity (Wildman–Crippen MR) is 98.7 cm³/mol. The highest BCUT2D eigenvalue weighted by atomic mass is 14.2. The Morgan fingerprint density at radius 1 is 0.818 bits per heavy atom. The first-order valence-electron chi connectivity index (χ1n) is 11.6. The minimum Gasteiger partial charge on any atom is -0.0599 e. The van der Waals surface area contributed by atoms with Crippen LogP contribution in [0.15, 0.2) is 24.3 Å². The van der Waals surface area contributed by atoms with E-state index >= 15 is 0 Å². The molecule has 0 radical (unpaired) electrons. The van der Waals surface area contributed by atoms with E-state index in [4.69, 9.17) is 11.0 Å². The molecule has 118 valence electrons. The van der Waals surface area contributed by atoms with Crippen LogP contribution in [-0.2, 0) is 6.37 Å². The van der Waals surface area contributed by atoms with Crippen LogP contribution in [0.1, 0.15) is 65.1 Å². The van der Waals surface area contributed by atoms with Gasteiger partial charge in [-0.1, -0.05) is 45.0 Å². The van der Waals surface area contributed by atoms with Crippen molar-refractivity contribution in [1.29, 1.82) is 0 Å². The normalized spacial score (nSPS) is 19.0. The SMILES string of the molecule is [2H]C([2H])([2H])c1cc(C)c(C)cc1-c1c(C)cc(C([2H])([2H])C(C)(C)C)cc1C([2H])([2H])[2H]. The number of hydrogen-bond acceptors (Lipinski definition) is 0. The van der Waals surface area contributed by atoms with Gasteiger partial charge in [-0.25, -0.2) is 0 Å². The summed E-state index contributed by atoms with van der Waals surface area (Å²) < 4.78 is 65.5. The summed E-state index contributed by atoms with van der Waals surface area (Å²) in [5.41, 5.74) is 2.54. The van der Waals surface area contributed by atoms with E-state index in [0.717, 1.165) is 11.1 Å². The molecule has 0 saturated carbocycles. The second-order valence-electron chi connectivity index (χ2n) is 7.07. The molecule has 0 saturated heterocycles. The molecule has 0 unspecified atom stereocenters. The highest BCUT2D eigenvalue weighted by molar-refractivity contribution is 5.75. The Balaban J connectivity index is 2.98. The molecule has 0 nitrogen and oxygen atoms in total. The fourth-order valence-corrected chi connectivity index (χ4v) is 2.67. The van der Waals surface area contributed by atoms with E-state index in [1.807, 2.05) is 13.8 Å². The third-order valence-corrected chi connectivity index (χ3v) is 3.76. The van der Waals surface area contributed by atoms with Crippen molar-refractivity contribution in [3.63, 3.8) is 0 Å². The zero-order valence-electron chi connectivity index (χ0n) is 22.3. The number of aryl methyl sites for hydroxylation is 5. The molecule has 2 rings (SSSR count). The first-order valence-corrected chi connectivity index (χ1v) is 7.56. The standard InChI is InChI=1S/C22H30/c1-14-9-16(3)20(12-15(14)2)21-17(4)10-19(11-18(21)5)13-22(6,7)8/h9-12H,13H2,1-8H3/i3D3,4D3,13D2. The lowest BCUT2D eigenvalue weighted by molar-refractivity contribution is 0.411. The Morgan fingerprint density at radius 2 is 1.41 bits per heavy atom. The number of hydrogen-bond donors (Lipinski definition) is 0. The van der Waals surface area contributed by atoms with E-state index in [9.17, 15) is 0 Å². The molecule has 22 heavy (non-hydrogen) atoms. The average Bonchev–Trinajstić information content (AvgIpc) is 2.53. The lowest BCUT2D eigenvalue weighted by atomic mass is 9.84. The van der Waals surface area contributed by atoms with Gasteiger partial charge in [0.2, 0.25) is 0 Å². The molecule has 0 spiro atoms. The molecule has 2 aromatic carbocycles. The van der Waals surface area contributed by atoms with Crippen molar-refractivity contribution in [2.24, 2.45) is 5.41 Å². The van der Waals surface area contributed by atoms with Gasteiger partial charge in [-0.2, -0.15) is 0 Å². The smallest absolute Gasteiger partial charge is 0.0321 e. The summed E-state index contributed by atoms with van der Waals surface area (Å²) in [6.45, 7) is 5.75. The van der Waals surface area contributed by atoms with E-state index < -0.39 is 25.5 Å². The van der Waals surface area contributed by atoms with E-state index in [-0.39, 0.29) is 16.7 Å². The molecule has 0 aliphatic heterocycles. The molecule has 0 fully saturated rings. The number of benzene rings is 2. The lowest BCUT2D eigenvalue weighted by Gasteiger charge is -2.21. The number of rotatable bonds is 2. The zero-order valence-corrected chi connectivity index (χ0v) is 14.3. The summed E-state index contributed by atoms with van der Waals surface area (Å²) >= 11 is 0. The summed E-state index contributed by atoms with van der Waals surface area (Å²) in [5, 5.41) is 0. The van der Waals surface area contributed by atoms with Crippen molar-refractivity contribution in [2.75, 3.05) is 0 Å². The highest BCUT2D eigenvalue weighted by Gasteiger charge is 2.15. The molecule has 0 amide bonds. The molecular weight excluding hydrogens is 264 g/mol. The predicted octanol–water partition coefficient (Wildman–Crippen LogP) is 6.48. The largest absolute Gasteiger partial charge is 0.0599 e. The molecule has 0 atom stereocenters. The molecular formula is C22H30. The van der Waals surface area contributed by atoms with Crippen LogP contribution in [0.25, 0.3) is 11.1 Å². The molecule has 0 aliphatic rings. The van der Waals surface area contributed by atoms with Crippen molar-refractivity contribution in [2.45, 2.75) is 61.6 Å². The zero-order chi connectivity index (χ0) is 23.4. The Labute approximate surface area is 147 Å². The van der Waals surface area contributed by atoms with Crippen LogP contribution in [0.3, 0.4) is 0 Å². The summed E-state index contributed by atoms with van der Waals surface area (Å²) in [6.07, 6.45) is -1.77. The Hall–Kier alpha value is -1.56. The van der Waals surface area contributed by atoms with Crippen molar-refractivity contribution in [3.05, 3.63) is 57.6 Å². The summed E-state index contributed by atoms with van der Waals surface area (Å²) in [5.74, 6) is 0. The van der Waals surface area contributed by atoms with E-state index in [0.29, 0.717) is 16.7 Å². The van der Waals surface area contributed by atoms with Gasteiger partial charge in [-0.3, -0.25) is 0 Å². The topological polar surface area (TPSA) is 0 Å². The summed E-state index contributed by atoms with van der Waals surface area (Å²) in [4.78, 5) is 0. The second kappa shape index (κ2) is 5.91. The van der Waals surface area contributed by atoms with Gasteiger partial charge in [-0.05, 0) is 90.8 Å². The van der Waals surface area contributed by atoms with Crippen molar-refractivity contribution >= 4 is 0 Å². The van der Waals surface area contributed by atoms with Crippen LogP contribution in [0.4, 0.5) is 0 Å². The summed E-state index contributed by atoms with van der Waals surface area (Å²) in [6, 6.07) is 6.36. The van der Waals surface area contributed by atoms with Gasteiger partial charge in [0.05, 0.1) is 0 Å². The van der Waals surface area contributed by atoms with E-state index in [1.54, 1.807) is 45.9 Å². The van der Waals surface area contributed by atoms with Gasteiger partial charge in [0.1, 0.15) is 0 Å². The minimum atomic E-state index is -2.53. The van der Waals surface area contributed by atoms with Crippen LogP contribution in [0.5, 0.6) is 0 Å².